The van der Waals surface area contributed by atoms with E-state index in [0.717, 1.165) is 11.3 Å². The molecule has 2 rings (SSSR count). The van der Waals surface area contributed by atoms with Crippen molar-refractivity contribution in [3.05, 3.63) is 11.2 Å². The lowest BCUT2D eigenvalue weighted by molar-refractivity contribution is -0.142. The van der Waals surface area contributed by atoms with Gasteiger partial charge in [-0.3, -0.25) is 4.79 Å². The second-order valence-electron chi connectivity index (χ2n) is 4.29. The number of aryl methyl sites for hydroxylation is 1. The van der Waals surface area contributed by atoms with Crippen LogP contribution in [0.1, 0.15) is 18.4 Å². The van der Waals surface area contributed by atoms with E-state index in [4.69, 9.17) is 5.11 Å². The molecule has 6 nitrogen and oxygen atoms in total. The second-order valence-corrected chi connectivity index (χ2v) is 7.64. The smallest absolute Gasteiger partial charge is 0.308 e. The van der Waals surface area contributed by atoms with Crippen LogP contribution in [0.4, 0.5) is 0 Å². The molecule has 1 saturated heterocycles. The molecule has 0 bridgehead atoms. The Balaban J connectivity index is 2.30. The van der Waals surface area contributed by atoms with E-state index in [1.807, 2.05) is 0 Å². The third kappa shape index (κ3) is 2.15. The summed E-state index contributed by atoms with van der Waals surface area (Å²) in [6, 6.07) is -0.519. The van der Waals surface area contributed by atoms with Crippen LogP contribution < -0.4 is 0 Å². The molecule has 8 heteroatoms. The molecule has 1 aromatic heterocycles. The Labute approximate surface area is 109 Å². The van der Waals surface area contributed by atoms with Crippen molar-refractivity contribution in [3.63, 3.8) is 0 Å². The number of sulfonamides is 1. The number of thiazole rings is 1. The van der Waals surface area contributed by atoms with Crippen molar-refractivity contribution in [2.24, 2.45) is 5.92 Å². The van der Waals surface area contributed by atoms with Crippen molar-refractivity contribution in [3.8, 4) is 0 Å². The standard InChI is InChI=1S/C10H14N2O4S2/c1-6-8(10(13)14)3-4-12(6)18(15,16)9-5-11-7(2)17-9/h5-6,8H,3-4H2,1-2H3,(H,13,14). The van der Waals surface area contributed by atoms with E-state index in [9.17, 15) is 13.2 Å². The minimum Gasteiger partial charge on any atom is -0.481 e. The zero-order chi connectivity index (χ0) is 13.5. The normalized spacial score (nSPS) is 25.4. The lowest BCUT2D eigenvalue weighted by atomic mass is 10.0. The first-order valence-electron chi connectivity index (χ1n) is 5.51. The molecule has 1 aliphatic heterocycles. The molecule has 2 heterocycles. The fourth-order valence-corrected chi connectivity index (χ4v) is 5.08. The molecule has 0 amide bonds. The quantitative estimate of drug-likeness (QED) is 0.895. The molecule has 18 heavy (non-hydrogen) atoms. The number of rotatable bonds is 3. The molecule has 0 spiro atoms. The first-order valence-corrected chi connectivity index (χ1v) is 7.77. The van der Waals surface area contributed by atoms with Gasteiger partial charge in [-0.1, -0.05) is 0 Å². The van der Waals surface area contributed by atoms with E-state index in [-0.39, 0.29) is 10.8 Å². The Kier molecular flexibility index (Phi) is 3.43. The highest BCUT2D eigenvalue weighted by Crippen LogP contribution is 2.32. The number of hydrogen-bond donors (Lipinski definition) is 1. The zero-order valence-electron chi connectivity index (χ0n) is 10.0. The zero-order valence-corrected chi connectivity index (χ0v) is 11.7. The molecule has 0 saturated carbocycles. The van der Waals surface area contributed by atoms with Gasteiger partial charge in [0.05, 0.1) is 17.1 Å². The molecule has 0 aromatic carbocycles. The highest BCUT2D eigenvalue weighted by Gasteiger charge is 2.42. The summed E-state index contributed by atoms with van der Waals surface area (Å²) in [4.78, 5) is 14.9. The van der Waals surface area contributed by atoms with E-state index >= 15 is 0 Å². The Morgan fingerprint density at radius 3 is 2.72 bits per heavy atom. The molecular weight excluding hydrogens is 276 g/mol. The van der Waals surface area contributed by atoms with Crippen LogP contribution in [0.15, 0.2) is 10.4 Å². The number of carbonyl (C=O) groups is 1. The van der Waals surface area contributed by atoms with E-state index < -0.39 is 28.0 Å². The summed E-state index contributed by atoms with van der Waals surface area (Å²) in [6.07, 6.45) is 1.68. The highest BCUT2D eigenvalue weighted by atomic mass is 32.2. The molecule has 0 aliphatic carbocycles. The fraction of sp³-hybridized carbons (Fsp3) is 0.600. The molecular formula is C10H14N2O4S2. The summed E-state index contributed by atoms with van der Waals surface area (Å²) in [5.41, 5.74) is 0. The average Bonchev–Trinajstić information content (AvgIpc) is 2.84. The van der Waals surface area contributed by atoms with Gasteiger partial charge in [-0.05, 0) is 20.3 Å². The van der Waals surface area contributed by atoms with Crippen LogP contribution in [-0.2, 0) is 14.8 Å². The number of carboxylic acids is 1. The van der Waals surface area contributed by atoms with Crippen LogP contribution in [-0.4, -0.2) is 41.4 Å². The Bertz CT molecular complexity index is 566. The van der Waals surface area contributed by atoms with Gasteiger partial charge >= 0.3 is 5.97 Å². The second kappa shape index (κ2) is 4.60. The van der Waals surface area contributed by atoms with Gasteiger partial charge in [0.2, 0.25) is 0 Å². The molecule has 2 atom stereocenters. The summed E-state index contributed by atoms with van der Waals surface area (Å²) in [7, 11) is -3.61. The Morgan fingerprint density at radius 1 is 1.61 bits per heavy atom. The van der Waals surface area contributed by atoms with Crippen molar-refractivity contribution < 1.29 is 18.3 Å². The third-order valence-electron chi connectivity index (χ3n) is 3.18. The summed E-state index contributed by atoms with van der Waals surface area (Å²) in [5, 5.41) is 9.69. The van der Waals surface area contributed by atoms with Gasteiger partial charge in [-0.15, -0.1) is 11.3 Å². The molecule has 1 fully saturated rings. The lowest BCUT2D eigenvalue weighted by Gasteiger charge is -2.21. The van der Waals surface area contributed by atoms with Gasteiger partial charge in [0.25, 0.3) is 10.0 Å². The molecule has 1 aromatic rings. The lowest BCUT2D eigenvalue weighted by Crippen LogP contribution is -2.37. The van der Waals surface area contributed by atoms with Gasteiger partial charge in [-0.2, -0.15) is 4.31 Å². The minimum absolute atomic E-state index is 0.179. The van der Waals surface area contributed by atoms with Crippen LogP contribution in [0.2, 0.25) is 0 Å². The van der Waals surface area contributed by atoms with E-state index in [0.29, 0.717) is 11.4 Å². The predicted octanol–water partition coefficient (Wildman–Crippen LogP) is 0.935. The van der Waals surface area contributed by atoms with Crippen LogP contribution >= 0.6 is 11.3 Å². The maximum Gasteiger partial charge on any atom is 0.308 e. The fourth-order valence-electron chi connectivity index (χ4n) is 2.16. The van der Waals surface area contributed by atoms with Crippen molar-refractivity contribution in [1.29, 1.82) is 0 Å². The number of nitrogens with zero attached hydrogens (tertiary/aromatic N) is 2. The maximum atomic E-state index is 12.3. The van der Waals surface area contributed by atoms with E-state index in [1.54, 1.807) is 13.8 Å². The number of hydrogen-bond acceptors (Lipinski definition) is 5. The summed E-state index contributed by atoms with van der Waals surface area (Å²) >= 11 is 1.11. The van der Waals surface area contributed by atoms with Crippen LogP contribution in [0, 0.1) is 12.8 Å². The minimum atomic E-state index is -3.61. The summed E-state index contributed by atoms with van der Waals surface area (Å²) in [5.74, 6) is -1.57. The Morgan fingerprint density at radius 2 is 2.28 bits per heavy atom. The van der Waals surface area contributed by atoms with Crippen LogP contribution in [0.5, 0.6) is 0 Å². The van der Waals surface area contributed by atoms with Crippen molar-refractivity contribution in [1.82, 2.24) is 9.29 Å². The molecule has 2 unspecified atom stereocenters. The monoisotopic (exact) mass is 290 g/mol. The first kappa shape index (κ1) is 13.4. The maximum absolute atomic E-state index is 12.3. The van der Waals surface area contributed by atoms with Crippen LogP contribution in [0.25, 0.3) is 0 Å². The van der Waals surface area contributed by atoms with Gasteiger partial charge in [0.15, 0.2) is 4.21 Å². The van der Waals surface area contributed by atoms with Crippen molar-refractivity contribution >= 4 is 27.3 Å². The van der Waals surface area contributed by atoms with E-state index in [1.165, 1.54) is 10.5 Å². The predicted molar refractivity (Wildman–Crippen MR) is 65.9 cm³/mol. The SMILES string of the molecule is Cc1ncc(S(=O)(=O)N2CCC(C(=O)O)C2C)s1. The van der Waals surface area contributed by atoms with E-state index in [2.05, 4.69) is 4.98 Å². The number of carboxylic acid groups (broad SMARTS) is 1. The highest BCUT2D eigenvalue weighted by molar-refractivity contribution is 7.91. The first-order chi connectivity index (χ1) is 8.34. The summed E-state index contributed by atoms with van der Waals surface area (Å²) < 4.78 is 26.1. The third-order valence-corrected chi connectivity index (χ3v) is 6.51. The Hall–Kier alpha value is -0.990. The molecule has 0 radical (unpaired) electrons. The average molecular weight is 290 g/mol. The van der Waals surface area contributed by atoms with Gasteiger partial charge in [-0.25, -0.2) is 13.4 Å². The molecule has 1 N–H and O–H groups in total. The number of aliphatic carboxylic acids is 1. The van der Waals surface area contributed by atoms with Crippen molar-refractivity contribution in [2.75, 3.05) is 6.54 Å². The van der Waals surface area contributed by atoms with Crippen LogP contribution in [0.3, 0.4) is 0 Å². The molecule has 100 valence electrons. The molecule has 1 aliphatic rings. The van der Waals surface area contributed by atoms with Crippen molar-refractivity contribution in [2.45, 2.75) is 30.5 Å². The topological polar surface area (TPSA) is 87.6 Å². The van der Waals surface area contributed by atoms with Gasteiger partial charge in [0, 0.05) is 12.6 Å². The van der Waals surface area contributed by atoms with Gasteiger partial charge < -0.3 is 5.11 Å². The van der Waals surface area contributed by atoms with Gasteiger partial charge in [0.1, 0.15) is 0 Å². The largest absolute Gasteiger partial charge is 0.481 e. The summed E-state index contributed by atoms with van der Waals surface area (Å²) in [6.45, 7) is 3.62. The number of aromatic nitrogens is 1.